The highest BCUT2D eigenvalue weighted by Gasteiger charge is 2.02. The Kier molecular flexibility index (Phi) is 4.88. The Morgan fingerprint density at radius 2 is 2.00 bits per heavy atom. The Hall–Kier alpha value is -0.560. The van der Waals surface area contributed by atoms with E-state index in [4.69, 9.17) is 5.73 Å². The van der Waals surface area contributed by atoms with E-state index in [-0.39, 0.29) is 6.04 Å². The molecule has 0 aliphatic rings. The van der Waals surface area contributed by atoms with Gasteiger partial charge in [0.05, 0.1) is 0 Å². The molecule has 1 atom stereocenters. The Bertz CT molecular complexity index is 166. The first kappa shape index (κ1) is 10.4. The van der Waals surface area contributed by atoms with Crippen molar-refractivity contribution in [1.29, 1.82) is 0 Å². The van der Waals surface area contributed by atoms with Gasteiger partial charge in [-0.3, -0.25) is 0 Å². The van der Waals surface area contributed by atoms with Crippen LogP contribution in [-0.4, -0.2) is 6.04 Å². The zero-order chi connectivity index (χ0) is 8.85. The fourth-order valence-electron chi connectivity index (χ4n) is 0.980. The second-order valence-corrected chi connectivity index (χ2v) is 2.88. The highest BCUT2D eigenvalue weighted by atomic mass is 14.6. The molecule has 1 heteroatoms. The van der Waals surface area contributed by atoms with Crippen LogP contribution in [0.25, 0.3) is 0 Å². The van der Waals surface area contributed by atoms with Crippen LogP contribution in [0.3, 0.4) is 0 Å². The standard InChI is InChI=1S/C10H19N/c1-5-7-8(3)9(4)10(11)6-2/h5,7,10H,6,11H2,1-4H3/b7-5+,9-8-/t10-/m1/s1. The fourth-order valence-corrected chi connectivity index (χ4v) is 0.980. The van der Waals surface area contributed by atoms with E-state index in [9.17, 15) is 0 Å². The van der Waals surface area contributed by atoms with Gasteiger partial charge in [-0.2, -0.15) is 0 Å². The lowest BCUT2D eigenvalue weighted by Crippen LogP contribution is -2.20. The van der Waals surface area contributed by atoms with E-state index in [1.165, 1.54) is 11.1 Å². The van der Waals surface area contributed by atoms with Crippen molar-refractivity contribution in [3.63, 3.8) is 0 Å². The first-order valence-corrected chi connectivity index (χ1v) is 4.19. The van der Waals surface area contributed by atoms with Crippen LogP contribution in [0.1, 0.15) is 34.1 Å². The normalized spacial score (nSPS) is 16.8. The monoisotopic (exact) mass is 153 g/mol. The first-order chi connectivity index (χ1) is 5.13. The third-order valence-electron chi connectivity index (χ3n) is 2.03. The average Bonchev–Trinajstić information content (AvgIpc) is 2.02. The molecule has 0 saturated heterocycles. The third kappa shape index (κ3) is 3.38. The van der Waals surface area contributed by atoms with Crippen LogP contribution < -0.4 is 5.73 Å². The van der Waals surface area contributed by atoms with Gasteiger partial charge < -0.3 is 5.73 Å². The summed E-state index contributed by atoms with van der Waals surface area (Å²) >= 11 is 0. The number of hydrogen-bond acceptors (Lipinski definition) is 1. The molecule has 0 spiro atoms. The van der Waals surface area contributed by atoms with E-state index in [1.807, 2.05) is 13.0 Å². The Morgan fingerprint density at radius 1 is 1.45 bits per heavy atom. The molecule has 0 aromatic carbocycles. The van der Waals surface area contributed by atoms with Gasteiger partial charge in [0.25, 0.3) is 0 Å². The zero-order valence-electron chi connectivity index (χ0n) is 8.02. The van der Waals surface area contributed by atoms with Crippen LogP contribution in [0, 0.1) is 0 Å². The molecule has 64 valence electrons. The molecule has 0 aromatic rings. The van der Waals surface area contributed by atoms with Crippen LogP contribution >= 0.6 is 0 Å². The molecular weight excluding hydrogens is 134 g/mol. The summed E-state index contributed by atoms with van der Waals surface area (Å²) in [4.78, 5) is 0. The summed E-state index contributed by atoms with van der Waals surface area (Å²) in [7, 11) is 0. The molecule has 0 heterocycles. The molecule has 0 amide bonds. The van der Waals surface area contributed by atoms with Gasteiger partial charge in [0.15, 0.2) is 0 Å². The summed E-state index contributed by atoms with van der Waals surface area (Å²) < 4.78 is 0. The van der Waals surface area contributed by atoms with Crippen LogP contribution in [0.4, 0.5) is 0 Å². The summed E-state index contributed by atoms with van der Waals surface area (Å²) in [5.41, 5.74) is 8.45. The minimum atomic E-state index is 0.228. The molecule has 0 unspecified atom stereocenters. The maximum Gasteiger partial charge on any atom is 0.0253 e. The van der Waals surface area contributed by atoms with Crippen LogP contribution in [0.15, 0.2) is 23.3 Å². The van der Waals surface area contributed by atoms with Gasteiger partial charge in [-0.15, -0.1) is 0 Å². The predicted molar refractivity (Wildman–Crippen MR) is 51.5 cm³/mol. The van der Waals surface area contributed by atoms with Crippen molar-refractivity contribution in [2.24, 2.45) is 5.73 Å². The molecule has 0 bridgehead atoms. The van der Waals surface area contributed by atoms with Crippen molar-refractivity contribution in [2.45, 2.75) is 40.2 Å². The molecule has 1 nitrogen and oxygen atoms in total. The lowest BCUT2D eigenvalue weighted by Gasteiger charge is -2.11. The highest BCUT2D eigenvalue weighted by molar-refractivity contribution is 5.25. The minimum Gasteiger partial charge on any atom is -0.324 e. The Labute approximate surface area is 70.0 Å². The second kappa shape index (κ2) is 5.14. The van der Waals surface area contributed by atoms with Crippen LogP contribution in [0.2, 0.25) is 0 Å². The summed E-state index contributed by atoms with van der Waals surface area (Å²) in [5, 5.41) is 0. The molecule has 0 rings (SSSR count). The molecule has 0 aromatic heterocycles. The van der Waals surface area contributed by atoms with E-state index in [1.54, 1.807) is 0 Å². The average molecular weight is 153 g/mol. The summed E-state index contributed by atoms with van der Waals surface area (Å²) in [6.45, 7) is 8.33. The van der Waals surface area contributed by atoms with Gasteiger partial charge in [0.2, 0.25) is 0 Å². The fraction of sp³-hybridized carbons (Fsp3) is 0.600. The molecule has 2 N–H and O–H groups in total. The molecule has 0 aliphatic heterocycles. The molecule has 0 radical (unpaired) electrons. The SMILES string of the molecule is C/C=C/C(C)=C(/C)[C@H](N)CC. The van der Waals surface area contributed by atoms with Crippen molar-refractivity contribution >= 4 is 0 Å². The van der Waals surface area contributed by atoms with Gasteiger partial charge in [-0.1, -0.05) is 30.2 Å². The highest BCUT2D eigenvalue weighted by Crippen LogP contribution is 2.09. The van der Waals surface area contributed by atoms with E-state index >= 15 is 0 Å². The van der Waals surface area contributed by atoms with E-state index < -0.39 is 0 Å². The topological polar surface area (TPSA) is 26.0 Å². The lowest BCUT2D eigenvalue weighted by atomic mass is 10.0. The van der Waals surface area contributed by atoms with Crippen LogP contribution in [0.5, 0.6) is 0 Å². The Morgan fingerprint density at radius 3 is 2.36 bits per heavy atom. The third-order valence-corrected chi connectivity index (χ3v) is 2.03. The molecular formula is C10H19N. The van der Waals surface area contributed by atoms with E-state index in [2.05, 4.69) is 26.8 Å². The van der Waals surface area contributed by atoms with E-state index in [0.29, 0.717) is 0 Å². The largest absolute Gasteiger partial charge is 0.324 e. The second-order valence-electron chi connectivity index (χ2n) is 2.88. The van der Waals surface area contributed by atoms with Crippen molar-refractivity contribution in [1.82, 2.24) is 0 Å². The van der Waals surface area contributed by atoms with Crippen LogP contribution in [-0.2, 0) is 0 Å². The maximum absolute atomic E-state index is 5.86. The predicted octanol–water partition coefficient (Wildman–Crippen LogP) is 2.64. The van der Waals surface area contributed by atoms with Gasteiger partial charge in [-0.25, -0.2) is 0 Å². The zero-order valence-corrected chi connectivity index (χ0v) is 8.02. The first-order valence-electron chi connectivity index (χ1n) is 4.19. The number of hydrogen-bond donors (Lipinski definition) is 1. The summed E-state index contributed by atoms with van der Waals surface area (Å²) in [5.74, 6) is 0. The van der Waals surface area contributed by atoms with E-state index in [0.717, 1.165) is 6.42 Å². The summed E-state index contributed by atoms with van der Waals surface area (Å²) in [6.07, 6.45) is 5.16. The Balaban J connectivity index is 4.38. The van der Waals surface area contributed by atoms with Gasteiger partial charge >= 0.3 is 0 Å². The van der Waals surface area contributed by atoms with Gasteiger partial charge in [0.1, 0.15) is 0 Å². The smallest absolute Gasteiger partial charge is 0.0253 e. The van der Waals surface area contributed by atoms with Crippen molar-refractivity contribution in [2.75, 3.05) is 0 Å². The molecule has 11 heavy (non-hydrogen) atoms. The minimum absolute atomic E-state index is 0.228. The molecule has 0 fully saturated rings. The maximum atomic E-state index is 5.86. The lowest BCUT2D eigenvalue weighted by molar-refractivity contribution is 0.734. The number of rotatable bonds is 3. The quantitative estimate of drug-likeness (QED) is 0.620. The number of nitrogens with two attached hydrogens (primary N) is 1. The van der Waals surface area contributed by atoms with Gasteiger partial charge in [-0.05, 0) is 27.2 Å². The molecule has 0 aliphatic carbocycles. The number of allylic oxidation sites excluding steroid dienone is 3. The van der Waals surface area contributed by atoms with Gasteiger partial charge in [0, 0.05) is 6.04 Å². The summed E-state index contributed by atoms with van der Waals surface area (Å²) in [6, 6.07) is 0.228. The van der Waals surface area contributed by atoms with Crippen molar-refractivity contribution < 1.29 is 0 Å². The van der Waals surface area contributed by atoms with Crippen molar-refractivity contribution in [3.05, 3.63) is 23.3 Å². The van der Waals surface area contributed by atoms with Crippen molar-refractivity contribution in [3.8, 4) is 0 Å². The molecule has 0 saturated carbocycles.